The molecule has 0 aliphatic rings. The topological polar surface area (TPSA) is 165 Å². The highest BCUT2D eigenvalue weighted by molar-refractivity contribution is 7.57. The molecule has 13 nitrogen and oxygen atoms in total. The summed E-state index contributed by atoms with van der Waals surface area (Å²) in [5, 5.41) is 0. The van der Waals surface area contributed by atoms with E-state index in [1.165, 1.54) is 34.4 Å². The first-order valence-electron chi connectivity index (χ1n) is 8.40. The highest BCUT2D eigenvalue weighted by atomic mass is 31.2. The van der Waals surface area contributed by atoms with Crippen LogP contribution in [-0.2, 0) is 36.7 Å². The van der Waals surface area contributed by atoms with Crippen molar-refractivity contribution < 1.29 is 41.6 Å². The van der Waals surface area contributed by atoms with Crippen LogP contribution >= 0.6 is 15.4 Å². The lowest BCUT2D eigenvalue weighted by molar-refractivity contribution is -0.0906. The molecule has 0 bridgehead atoms. The van der Waals surface area contributed by atoms with E-state index in [9.17, 15) is 23.6 Å². The molecule has 0 fully saturated rings. The Hall–Kier alpha value is -1.40. The van der Waals surface area contributed by atoms with E-state index in [1.807, 2.05) is 0 Å². The third-order valence-corrected chi connectivity index (χ3v) is 6.47. The standard InChI is InChI=1S/C15H26N2O11P2/c1-11(10-29(20,24-3)25-4)12(8-27-30(21,22)26-5)28-14(9-23-2)17-7-6-13(18)16-15(17)19/h6-7,10,12,14H,8-9H2,1-5H3,(H,21,22)(H,16,18,19)/b11-10+/t12-,14+/m0/s1. The Morgan fingerprint density at radius 3 is 2.30 bits per heavy atom. The van der Waals surface area contributed by atoms with Gasteiger partial charge in [0.05, 0.1) is 13.2 Å². The maximum atomic E-state index is 12.4. The zero-order valence-electron chi connectivity index (χ0n) is 17.2. The number of nitrogens with zero attached hydrogens (tertiary/aromatic N) is 1. The number of rotatable bonds is 13. The molecule has 0 aromatic carbocycles. The lowest BCUT2D eigenvalue weighted by Crippen LogP contribution is -2.37. The first-order chi connectivity index (χ1) is 14.0. The van der Waals surface area contributed by atoms with Gasteiger partial charge in [-0.25, -0.2) is 9.36 Å². The van der Waals surface area contributed by atoms with Crippen molar-refractivity contribution in [2.45, 2.75) is 19.3 Å². The van der Waals surface area contributed by atoms with E-state index in [2.05, 4.69) is 9.51 Å². The number of aromatic nitrogens is 2. The number of aromatic amines is 1. The van der Waals surface area contributed by atoms with E-state index in [4.69, 9.17) is 23.0 Å². The molecule has 3 atom stereocenters. The van der Waals surface area contributed by atoms with E-state index in [-0.39, 0.29) is 12.2 Å². The van der Waals surface area contributed by atoms with Gasteiger partial charge >= 0.3 is 21.1 Å². The van der Waals surface area contributed by atoms with Crippen LogP contribution in [0, 0.1) is 0 Å². The molecule has 0 radical (unpaired) electrons. The number of nitrogens with one attached hydrogen (secondary N) is 1. The average Bonchev–Trinajstić information content (AvgIpc) is 2.70. The van der Waals surface area contributed by atoms with Crippen LogP contribution < -0.4 is 11.2 Å². The van der Waals surface area contributed by atoms with Crippen molar-refractivity contribution in [1.29, 1.82) is 0 Å². The highest BCUT2D eigenvalue weighted by Crippen LogP contribution is 2.49. The molecule has 0 aliphatic heterocycles. The lowest BCUT2D eigenvalue weighted by Gasteiger charge is -2.27. The van der Waals surface area contributed by atoms with Gasteiger partial charge in [-0.05, 0) is 12.5 Å². The van der Waals surface area contributed by atoms with E-state index >= 15 is 0 Å². The molecule has 0 amide bonds. The second-order valence-corrected chi connectivity index (χ2v) is 9.41. The van der Waals surface area contributed by atoms with Gasteiger partial charge in [0.2, 0.25) is 0 Å². The summed E-state index contributed by atoms with van der Waals surface area (Å²) in [5.74, 6) is 1.15. The molecule has 0 saturated carbocycles. The second-order valence-electron chi connectivity index (χ2n) is 5.78. The maximum Gasteiger partial charge on any atom is 0.472 e. The molecular formula is C15H26N2O11P2. The fraction of sp³-hybridized carbons (Fsp3) is 0.600. The summed E-state index contributed by atoms with van der Waals surface area (Å²) in [7, 11) is -3.28. The SMILES string of the molecule is COC[C@@H](O[C@@H](COP(=O)(O)OC)/C(C)=C/P(=O)(OC)OC)n1ccc(=O)[nH]c1=O. The van der Waals surface area contributed by atoms with Gasteiger partial charge in [-0.1, -0.05) is 0 Å². The number of hydrogen-bond acceptors (Lipinski definition) is 10. The molecule has 1 unspecified atom stereocenters. The van der Waals surface area contributed by atoms with Crippen LogP contribution in [0.2, 0.25) is 0 Å². The van der Waals surface area contributed by atoms with Crippen molar-refractivity contribution >= 4 is 15.4 Å². The summed E-state index contributed by atoms with van der Waals surface area (Å²) in [5.41, 5.74) is -1.13. The molecule has 1 heterocycles. The fourth-order valence-electron chi connectivity index (χ4n) is 2.18. The summed E-state index contributed by atoms with van der Waals surface area (Å²) in [6.07, 6.45) is -0.997. The van der Waals surface area contributed by atoms with Crippen LogP contribution in [0.3, 0.4) is 0 Å². The number of phosphoric acid groups is 1. The Kier molecular flexibility index (Phi) is 10.5. The lowest BCUT2D eigenvalue weighted by atomic mass is 10.2. The minimum Gasteiger partial charge on any atom is -0.380 e. The van der Waals surface area contributed by atoms with Crippen molar-refractivity contribution in [3.8, 4) is 0 Å². The van der Waals surface area contributed by atoms with Gasteiger partial charge in [-0.3, -0.25) is 28.0 Å². The normalized spacial score (nSPS) is 16.8. The Bertz CT molecular complexity index is 918. The van der Waals surface area contributed by atoms with E-state index in [0.29, 0.717) is 0 Å². The molecule has 1 aromatic rings. The smallest absolute Gasteiger partial charge is 0.380 e. The summed E-state index contributed by atoms with van der Waals surface area (Å²) >= 11 is 0. The predicted molar refractivity (Wildman–Crippen MR) is 105 cm³/mol. The van der Waals surface area contributed by atoms with Gasteiger partial charge < -0.3 is 23.4 Å². The van der Waals surface area contributed by atoms with Gasteiger partial charge in [0.25, 0.3) is 5.56 Å². The largest absolute Gasteiger partial charge is 0.472 e. The van der Waals surface area contributed by atoms with E-state index in [0.717, 1.165) is 23.6 Å². The monoisotopic (exact) mass is 472 g/mol. The van der Waals surface area contributed by atoms with Crippen LogP contribution in [0.5, 0.6) is 0 Å². The minimum atomic E-state index is -4.36. The van der Waals surface area contributed by atoms with Crippen molar-refractivity contribution in [3.63, 3.8) is 0 Å². The van der Waals surface area contributed by atoms with Crippen LogP contribution in [0.1, 0.15) is 13.2 Å². The second kappa shape index (κ2) is 11.8. The van der Waals surface area contributed by atoms with Crippen LogP contribution in [-0.4, -0.2) is 62.2 Å². The Balaban J connectivity index is 3.31. The molecule has 30 heavy (non-hydrogen) atoms. The van der Waals surface area contributed by atoms with Crippen molar-refractivity contribution in [2.24, 2.45) is 0 Å². The third-order valence-electron chi connectivity index (χ3n) is 3.79. The van der Waals surface area contributed by atoms with Crippen molar-refractivity contribution in [2.75, 3.05) is 41.7 Å². The zero-order valence-corrected chi connectivity index (χ0v) is 19.0. The van der Waals surface area contributed by atoms with Gasteiger partial charge in [-0.15, -0.1) is 0 Å². The predicted octanol–water partition coefficient (Wildman–Crippen LogP) is 1.22. The maximum absolute atomic E-state index is 12.4. The molecule has 0 spiro atoms. The number of hydrogen-bond donors (Lipinski definition) is 2. The fourth-order valence-corrected chi connectivity index (χ4v) is 3.63. The molecule has 15 heteroatoms. The van der Waals surface area contributed by atoms with Crippen molar-refractivity contribution in [1.82, 2.24) is 9.55 Å². The zero-order chi connectivity index (χ0) is 22.9. The molecular weight excluding hydrogens is 446 g/mol. The first kappa shape index (κ1) is 26.6. The van der Waals surface area contributed by atoms with E-state index in [1.54, 1.807) is 0 Å². The summed E-state index contributed by atoms with van der Waals surface area (Å²) in [6.45, 7) is 0.839. The minimum absolute atomic E-state index is 0.136. The van der Waals surface area contributed by atoms with Crippen molar-refractivity contribution in [3.05, 3.63) is 44.5 Å². The summed E-state index contributed by atoms with van der Waals surface area (Å²) in [6, 6.07) is 1.11. The third kappa shape index (κ3) is 8.03. The Morgan fingerprint density at radius 2 is 1.80 bits per heavy atom. The molecule has 1 rings (SSSR count). The van der Waals surface area contributed by atoms with Crippen LogP contribution in [0.4, 0.5) is 0 Å². The number of methoxy groups -OCH3 is 1. The average molecular weight is 472 g/mol. The van der Waals surface area contributed by atoms with Gasteiger partial charge in [0.15, 0.2) is 6.23 Å². The van der Waals surface area contributed by atoms with Gasteiger partial charge in [0, 0.05) is 46.5 Å². The van der Waals surface area contributed by atoms with Gasteiger partial charge in [0.1, 0.15) is 6.10 Å². The quantitative estimate of drug-likeness (QED) is 0.397. The number of ether oxygens (including phenoxy) is 2. The first-order valence-corrected chi connectivity index (χ1v) is 11.5. The van der Waals surface area contributed by atoms with Crippen LogP contribution in [0.15, 0.2) is 33.2 Å². The molecule has 0 aliphatic carbocycles. The van der Waals surface area contributed by atoms with Gasteiger partial charge in [-0.2, -0.15) is 0 Å². The van der Waals surface area contributed by atoms with E-state index < -0.39 is 45.6 Å². The Morgan fingerprint density at radius 1 is 1.17 bits per heavy atom. The summed E-state index contributed by atoms with van der Waals surface area (Å²) in [4.78, 5) is 35.1. The van der Waals surface area contributed by atoms with Crippen LogP contribution in [0.25, 0.3) is 0 Å². The number of phosphoric ester groups is 1. The molecule has 2 N–H and O–H groups in total. The highest BCUT2D eigenvalue weighted by Gasteiger charge is 2.28. The Labute approximate surface area is 172 Å². The molecule has 172 valence electrons. The summed E-state index contributed by atoms with van der Waals surface area (Å²) < 4.78 is 55.0. The molecule has 0 saturated heterocycles. The molecule has 1 aromatic heterocycles. The number of H-pyrrole nitrogens is 1.